The van der Waals surface area contributed by atoms with E-state index in [0.717, 1.165) is 6.08 Å². The quantitative estimate of drug-likeness (QED) is 0.700. The SMILES string of the molecule is C[C@@H]1Oc2c3c(c(/C(=C\C(=O)O)c4ccccc4)c(O)c2C(=O)[C@H]1C)OC(C)(C)C=C3. The highest BCUT2D eigenvalue weighted by Gasteiger charge is 2.40. The Hall–Kier alpha value is -3.54. The minimum Gasteiger partial charge on any atom is -0.506 e. The third-order valence-electron chi connectivity index (χ3n) is 5.72. The van der Waals surface area contributed by atoms with Gasteiger partial charge in [0, 0.05) is 11.6 Å². The van der Waals surface area contributed by atoms with E-state index in [4.69, 9.17) is 9.47 Å². The number of carboxylic acid groups (broad SMARTS) is 1. The summed E-state index contributed by atoms with van der Waals surface area (Å²) >= 11 is 0. The minimum absolute atomic E-state index is 0.0551. The predicted octanol–water partition coefficient (Wildman–Crippen LogP) is 4.69. The van der Waals surface area contributed by atoms with Gasteiger partial charge < -0.3 is 19.7 Å². The van der Waals surface area contributed by atoms with Crippen molar-refractivity contribution < 1.29 is 29.3 Å². The van der Waals surface area contributed by atoms with Crippen molar-refractivity contribution in [3.05, 3.63) is 64.7 Å². The normalized spacial score (nSPS) is 21.5. The molecule has 0 aromatic heterocycles. The highest BCUT2D eigenvalue weighted by Crippen LogP contribution is 2.53. The van der Waals surface area contributed by atoms with E-state index in [0.29, 0.717) is 11.1 Å². The zero-order valence-corrected chi connectivity index (χ0v) is 17.8. The topological polar surface area (TPSA) is 93.1 Å². The summed E-state index contributed by atoms with van der Waals surface area (Å²) in [6.45, 7) is 7.26. The molecule has 2 aromatic carbocycles. The van der Waals surface area contributed by atoms with E-state index in [1.54, 1.807) is 44.2 Å². The number of rotatable bonds is 3. The van der Waals surface area contributed by atoms with Crippen molar-refractivity contribution in [3.8, 4) is 17.2 Å². The van der Waals surface area contributed by atoms with Gasteiger partial charge in [-0.05, 0) is 38.5 Å². The van der Waals surface area contributed by atoms with Crippen molar-refractivity contribution in [2.45, 2.75) is 39.4 Å². The lowest BCUT2D eigenvalue weighted by atomic mass is 9.83. The van der Waals surface area contributed by atoms with Gasteiger partial charge in [-0.25, -0.2) is 4.79 Å². The smallest absolute Gasteiger partial charge is 0.328 e. The van der Waals surface area contributed by atoms with E-state index in [2.05, 4.69) is 0 Å². The first kappa shape index (κ1) is 20.7. The molecule has 160 valence electrons. The van der Waals surface area contributed by atoms with Gasteiger partial charge in [0.25, 0.3) is 0 Å². The number of carbonyl (C=O) groups excluding carboxylic acids is 1. The summed E-state index contributed by atoms with van der Waals surface area (Å²) in [5.74, 6) is -1.68. The summed E-state index contributed by atoms with van der Waals surface area (Å²) in [5.41, 5.74) is 0.851. The molecule has 0 aliphatic carbocycles. The van der Waals surface area contributed by atoms with Crippen molar-refractivity contribution in [1.82, 2.24) is 0 Å². The number of carbonyl (C=O) groups is 2. The number of carboxylic acids is 1. The molecule has 2 aromatic rings. The van der Waals surface area contributed by atoms with Gasteiger partial charge in [0.2, 0.25) is 0 Å². The fourth-order valence-corrected chi connectivity index (χ4v) is 3.92. The lowest BCUT2D eigenvalue weighted by Crippen LogP contribution is -2.35. The lowest BCUT2D eigenvalue weighted by molar-refractivity contribution is -0.131. The maximum atomic E-state index is 13.2. The van der Waals surface area contributed by atoms with Crippen LogP contribution in [-0.2, 0) is 4.79 Å². The molecule has 0 radical (unpaired) electrons. The molecule has 0 unspecified atom stereocenters. The molecule has 0 fully saturated rings. The van der Waals surface area contributed by atoms with Gasteiger partial charge in [0.05, 0.1) is 17.0 Å². The molecule has 0 bridgehead atoms. The van der Waals surface area contributed by atoms with Gasteiger partial charge in [0.15, 0.2) is 5.78 Å². The third-order valence-corrected chi connectivity index (χ3v) is 5.72. The minimum atomic E-state index is -1.18. The van der Waals surface area contributed by atoms with E-state index in [1.807, 2.05) is 26.0 Å². The van der Waals surface area contributed by atoms with Crippen LogP contribution < -0.4 is 9.47 Å². The van der Waals surface area contributed by atoms with Gasteiger partial charge in [-0.15, -0.1) is 0 Å². The van der Waals surface area contributed by atoms with Crippen LogP contribution in [0.25, 0.3) is 11.6 Å². The number of phenols is 1. The van der Waals surface area contributed by atoms with Crippen molar-refractivity contribution in [1.29, 1.82) is 0 Å². The molecular formula is C25H24O6. The fourth-order valence-electron chi connectivity index (χ4n) is 3.92. The van der Waals surface area contributed by atoms with Crippen molar-refractivity contribution in [2.24, 2.45) is 5.92 Å². The second kappa shape index (κ2) is 7.30. The Morgan fingerprint density at radius 2 is 1.81 bits per heavy atom. The molecular weight excluding hydrogens is 396 g/mol. The molecule has 6 nitrogen and oxygen atoms in total. The van der Waals surface area contributed by atoms with E-state index < -0.39 is 17.5 Å². The monoisotopic (exact) mass is 420 g/mol. The first-order valence-corrected chi connectivity index (χ1v) is 10.1. The summed E-state index contributed by atoms with van der Waals surface area (Å²) < 4.78 is 12.2. The van der Waals surface area contributed by atoms with Gasteiger partial charge in [-0.3, -0.25) is 4.79 Å². The number of aromatic hydroxyl groups is 1. The Bertz CT molecular complexity index is 1140. The summed E-state index contributed by atoms with van der Waals surface area (Å²) in [7, 11) is 0. The number of benzene rings is 2. The average molecular weight is 420 g/mol. The van der Waals surface area contributed by atoms with E-state index in [1.165, 1.54) is 0 Å². The Kier molecular flexibility index (Phi) is 4.88. The van der Waals surface area contributed by atoms with Crippen LogP contribution in [0.5, 0.6) is 17.2 Å². The molecule has 2 atom stereocenters. The van der Waals surface area contributed by atoms with Gasteiger partial charge in [0.1, 0.15) is 34.5 Å². The molecule has 2 N–H and O–H groups in total. The van der Waals surface area contributed by atoms with Gasteiger partial charge in [-0.2, -0.15) is 0 Å². The first-order valence-electron chi connectivity index (χ1n) is 10.1. The predicted molar refractivity (Wildman–Crippen MR) is 117 cm³/mol. The van der Waals surface area contributed by atoms with Gasteiger partial charge >= 0.3 is 5.97 Å². The van der Waals surface area contributed by atoms with Crippen molar-refractivity contribution in [3.63, 3.8) is 0 Å². The summed E-state index contributed by atoms with van der Waals surface area (Å²) in [5, 5.41) is 20.9. The Morgan fingerprint density at radius 1 is 1.13 bits per heavy atom. The molecule has 0 saturated heterocycles. The summed E-state index contributed by atoms with van der Waals surface area (Å²) in [6.07, 6.45) is 4.29. The number of fused-ring (bicyclic) bond motifs is 3. The maximum Gasteiger partial charge on any atom is 0.328 e. The molecule has 4 rings (SSSR count). The summed E-state index contributed by atoms with van der Waals surface area (Å²) in [6, 6.07) is 8.85. The van der Waals surface area contributed by atoms with Crippen LogP contribution in [-0.4, -0.2) is 33.7 Å². The number of Topliss-reactive ketones (excluding diaryl/α,β-unsaturated/α-hetero) is 1. The molecule has 0 amide bonds. The Labute approximate surface area is 180 Å². The number of ketones is 1. The van der Waals surface area contributed by atoms with E-state index >= 15 is 0 Å². The van der Waals surface area contributed by atoms with E-state index in [9.17, 15) is 19.8 Å². The number of hydrogen-bond acceptors (Lipinski definition) is 5. The number of aliphatic carboxylic acids is 1. The standard InChI is InChI=1S/C25H24O6/c1-13-14(2)30-23-16-10-11-25(3,4)31-24(16)19(22(29)20(23)21(13)28)17(12-18(26)27)15-8-6-5-7-9-15/h5-14,29H,1-4H3,(H,26,27)/b17-12-/t13-,14-/m0/s1. The zero-order valence-electron chi connectivity index (χ0n) is 17.8. The van der Waals surface area contributed by atoms with Crippen LogP contribution in [0.2, 0.25) is 0 Å². The van der Waals surface area contributed by atoms with Crippen LogP contribution in [0.15, 0.2) is 42.5 Å². The molecule has 2 heterocycles. The highest BCUT2D eigenvalue weighted by atomic mass is 16.5. The van der Waals surface area contributed by atoms with Crippen LogP contribution in [0.3, 0.4) is 0 Å². The van der Waals surface area contributed by atoms with Crippen LogP contribution >= 0.6 is 0 Å². The first-order chi connectivity index (χ1) is 14.6. The second-order valence-electron chi connectivity index (χ2n) is 8.45. The fraction of sp³-hybridized carbons (Fsp3) is 0.280. The molecule has 2 aliphatic heterocycles. The summed E-state index contributed by atoms with van der Waals surface area (Å²) in [4.78, 5) is 24.9. The maximum absolute atomic E-state index is 13.2. The van der Waals surface area contributed by atoms with Crippen molar-refractivity contribution >= 4 is 23.4 Å². The zero-order chi connectivity index (χ0) is 22.5. The third kappa shape index (κ3) is 3.48. The molecule has 0 spiro atoms. The Balaban J connectivity index is 2.11. The molecule has 6 heteroatoms. The molecule has 0 saturated carbocycles. The number of phenolic OH excluding ortho intramolecular Hbond substituents is 1. The van der Waals surface area contributed by atoms with Crippen LogP contribution in [0.4, 0.5) is 0 Å². The van der Waals surface area contributed by atoms with Crippen LogP contribution in [0, 0.1) is 5.92 Å². The Morgan fingerprint density at radius 3 is 2.45 bits per heavy atom. The molecule has 31 heavy (non-hydrogen) atoms. The highest BCUT2D eigenvalue weighted by molar-refractivity contribution is 6.09. The van der Waals surface area contributed by atoms with Crippen LogP contribution in [0.1, 0.15) is 54.7 Å². The lowest BCUT2D eigenvalue weighted by Gasteiger charge is -2.35. The number of hydrogen-bond donors (Lipinski definition) is 2. The second-order valence-corrected chi connectivity index (χ2v) is 8.45. The van der Waals surface area contributed by atoms with Gasteiger partial charge in [-0.1, -0.05) is 37.3 Å². The largest absolute Gasteiger partial charge is 0.506 e. The average Bonchev–Trinajstić information content (AvgIpc) is 2.70. The molecule has 2 aliphatic rings. The van der Waals surface area contributed by atoms with Crippen molar-refractivity contribution in [2.75, 3.05) is 0 Å². The number of ether oxygens (including phenoxy) is 2. The van der Waals surface area contributed by atoms with E-state index in [-0.39, 0.29) is 45.8 Å².